The van der Waals surface area contributed by atoms with Crippen molar-refractivity contribution in [2.24, 2.45) is 0 Å². The average Bonchev–Trinajstić information content (AvgIpc) is 3.13. The van der Waals surface area contributed by atoms with E-state index in [1.54, 1.807) is 17.8 Å². The van der Waals surface area contributed by atoms with Gasteiger partial charge in [-0.25, -0.2) is 12.7 Å². The molecule has 0 bridgehead atoms. The van der Waals surface area contributed by atoms with Gasteiger partial charge in [0.15, 0.2) is 0 Å². The van der Waals surface area contributed by atoms with Gasteiger partial charge in [-0.15, -0.1) is 0 Å². The first kappa shape index (κ1) is 18.7. The third-order valence-corrected chi connectivity index (χ3v) is 7.31. The maximum Gasteiger partial charge on any atom is 0.271 e. The highest BCUT2D eigenvalue weighted by Gasteiger charge is 2.24. The number of carbonyl (C=O) groups excluding carboxylic acids is 1. The lowest BCUT2D eigenvalue weighted by molar-refractivity contribution is 0.0949. The van der Waals surface area contributed by atoms with E-state index in [0.29, 0.717) is 18.8 Å². The second kappa shape index (κ2) is 8.52. The summed E-state index contributed by atoms with van der Waals surface area (Å²) in [6.07, 6.45) is 3.95. The fourth-order valence-corrected chi connectivity index (χ4v) is 5.55. The van der Waals surface area contributed by atoms with Gasteiger partial charge >= 0.3 is 0 Å². The Bertz CT molecular complexity index is 679. The number of nitrogens with one attached hydrogen (secondary N) is 2. The fraction of sp³-hybridized carbons (Fsp3) is 0.733. The predicted molar refractivity (Wildman–Crippen MR) is 98.4 cm³/mol. The molecule has 3 rings (SSSR count). The van der Waals surface area contributed by atoms with Gasteiger partial charge in [-0.2, -0.15) is 16.9 Å². The molecule has 3 heterocycles. The number of aromatic nitrogens is 2. The first-order valence-electron chi connectivity index (χ1n) is 8.66. The molecule has 0 aliphatic carbocycles. The molecule has 1 aromatic rings. The van der Waals surface area contributed by atoms with Crippen molar-refractivity contribution in [2.75, 3.05) is 50.0 Å². The van der Waals surface area contributed by atoms with E-state index in [1.165, 1.54) is 4.31 Å². The summed E-state index contributed by atoms with van der Waals surface area (Å²) < 4.78 is 27.8. The molecule has 2 aliphatic rings. The van der Waals surface area contributed by atoms with E-state index < -0.39 is 10.0 Å². The molecule has 0 radical (unpaired) electrons. The highest BCUT2D eigenvalue weighted by molar-refractivity contribution is 7.99. The van der Waals surface area contributed by atoms with Crippen molar-refractivity contribution in [2.45, 2.75) is 18.9 Å². The van der Waals surface area contributed by atoms with E-state index >= 15 is 0 Å². The van der Waals surface area contributed by atoms with Crippen molar-refractivity contribution < 1.29 is 13.2 Å². The maximum atomic E-state index is 12.3. The van der Waals surface area contributed by atoms with Crippen LogP contribution >= 0.6 is 11.8 Å². The largest absolute Gasteiger partial charge is 0.350 e. The summed E-state index contributed by atoms with van der Waals surface area (Å²) in [5.74, 6) is 1.27. The van der Waals surface area contributed by atoms with Crippen LogP contribution in [0.15, 0.2) is 12.3 Å². The molecule has 2 saturated heterocycles. The van der Waals surface area contributed by atoms with Gasteiger partial charge in [0.2, 0.25) is 10.0 Å². The third kappa shape index (κ3) is 4.96. The number of amides is 1. The number of carbonyl (C=O) groups is 1. The molecule has 0 saturated carbocycles. The van der Waals surface area contributed by atoms with E-state index in [9.17, 15) is 13.2 Å². The number of rotatable bonds is 6. The van der Waals surface area contributed by atoms with Crippen LogP contribution < -0.4 is 10.6 Å². The molecule has 0 spiro atoms. The molecular weight excluding hydrogens is 362 g/mol. The minimum Gasteiger partial charge on any atom is -0.350 e. The molecule has 140 valence electrons. The van der Waals surface area contributed by atoms with Gasteiger partial charge in [0, 0.05) is 43.9 Å². The lowest BCUT2D eigenvalue weighted by Gasteiger charge is -2.25. The summed E-state index contributed by atoms with van der Waals surface area (Å²) in [5, 5.41) is 10.3. The standard InChI is InChI=1S/C15H25N5O3S2/c21-15(14-3-6-20(18-14)13-2-1-4-16-12-13)17-5-11-25(22,23)19-7-9-24-10-8-19/h3,6,13,16H,1-2,4-5,7-12H2,(H,17,21). The second-order valence-corrected chi connectivity index (χ2v) is 9.58. The number of nitrogens with zero attached hydrogens (tertiary/aromatic N) is 3. The number of thioether (sulfide) groups is 1. The lowest BCUT2D eigenvalue weighted by atomic mass is 10.1. The van der Waals surface area contributed by atoms with Crippen LogP contribution in [0.5, 0.6) is 0 Å². The van der Waals surface area contributed by atoms with Crippen molar-refractivity contribution >= 4 is 27.7 Å². The van der Waals surface area contributed by atoms with E-state index in [0.717, 1.165) is 37.4 Å². The molecule has 25 heavy (non-hydrogen) atoms. The molecule has 1 atom stereocenters. The van der Waals surface area contributed by atoms with Gasteiger partial charge in [0.05, 0.1) is 11.8 Å². The summed E-state index contributed by atoms with van der Waals surface area (Å²) in [6, 6.07) is 1.95. The van der Waals surface area contributed by atoms with Crippen LogP contribution in [0.1, 0.15) is 29.4 Å². The molecule has 0 aromatic carbocycles. The van der Waals surface area contributed by atoms with Gasteiger partial charge in [-0.1, -0.05) is 0 Å². The zero-order chi connectivity index (χ0) is 17.7. The van der Waals surface area contributed by atoms with Gasteiger partial charge in [0.1, 0.15) is 5.69 Å². The Morgan fingerprint density at radius 1 is 1.40 bits per heavy atom. The number of piperidine rings is 1. The van der Waals surface area contributed by atoms with Crippen molar-refractivity contribution in [1.82, 2.24) is 24.7 Å². The van der Waals surface area contributed by atoms with E-state index in [2.05, 4.69) is 15.7 Å². The minimum absolute atomic E-state index is 0.0728. The summed E-state index contributed by atoms with van der Waals surface area (Å²) in [5.41, 5.74) is 0.331. The molecule has 1 unspecified atom stereocenters. The Labute approximate surface area is 152 Å². The summed E-state index contributed by atoms with van der Waals surface area (Å²) in [7, 11) is -3.30. The maximum absolute atomic E-state index is 12.3. The first-order valence-corrected chi connectivity index (χ1v) is 11.4. The van der Waals surface area contributed by atoms with Gasteiger partial charge in [-0.3, -0.25) is 9.48 Å². The van der Waals surface area contributed by atoms with Crippen LogP contribution in [0, 0.1) is 0 Å². The Morgan fingerprint density at radius 2 is 2.20 bits per heavy atom. The Kier molecular flexibility index (Phi) is 6.37. The van der Waals surface area contributed by atoms with Crippen LogP contribution in [-0.4, -0.2) is 78.4 Å². The minimum atomic E-state index is -3.30. The highest BCUT2D eigenvalue weighted by atomic mass is 32.2. The van der Waals surface area contributed by atoms with Crippen LogP contribution in [0.3, 0.4) is 0 Å². The lowest BCUT2D eigenvalue weighted by Crippen LogP contribution is -2.42. The quantitative estimate of drug-likeness (QED) is 0.709. The fourth-order valence-electron chi connectivity index (χ4n) is 3.06. The van der Waals surface area contributed by atoms with E-state index in [4.69, 9.17) is 0 Å². The molecule has 10 heteroatoms. The summed E-state index contributed by atoms with van der Waals surface area (Å²) in [6.45, 7) is 3.09. The highest BCUT2D eigenvalue weighted by Crippen LogP contribution is 2.16. The number of hydrogen-bond donors (Lipinski definition) is 2. The normalized spacial score (nSPS) is 22.6. The van der Waals surface area contributed by atoms with Crippen LogP contribution in [0.4, 0.5) is 0 Å². The van der Waals surface area contributed by atoms with Crippen LogP contribution in [0.25, 0.3) is 0 Å². The van der Waals surface area contributed by atoms with Crippen molar-refractivity contribution in [3.8, 4) is 0 Å². The molecule has 2 aliphatic heterocycles. The smallest absolute Gasteiger partial charge is 0.271 e. The average molecular weight is 388 g/mol. The van der Waals surface area contributed by atoms with Crippen molar-refractivity contribution in [3.63, 3.8) is 0 Å². The SMILES string of the molecule is O=C(NCCS(=O)(=O)N1CCSCC1)c1ccn(C2CCCNC2)n1. The van der Waals surface area contributed by atoms with Crippen molar-refractivity contribution in [1.29, 1.82) is 0 Å². The van der Waals surface area contributed by atoms with Gasteiger partial charge < -0.3 is 10.6 Å². The van der Waals surface area contributed by atoms with Gasteiger partial charge in [-0.05, 0) is 25.5 Å². The number of sulfonamides is 1. The van der Waals surface area contributed by atoms with Gasteiger partial charge in [0.25, 0.3) is 5.91 Å². The Balaban J connectivity index is 1.48. The van der Waals surface area contributed by atoms with Crippen molar-refractivity contribution in [3.05, 3.63) is 18.0 Å². The second-order valence-electron chi connectivity index (χ2n) is 6.26. The molecule has 1 amide bonds. The molecule has 1 aromatic heterocycles. The third-order valence-electron chi connectivity index (χ3n) is 4.49. The van der Waals surface area contributed by atoms with E-state index in [1.807, 2.05) is 10.9 Å². The molecule has 2 fully saturated rings. The monoisotopic (exact) mass is 387 g/mol. The molecular formula is C15H25N5O3S2. The topological polar surface area (TPSA) is 96.3 Å². The Morgan fingerprint density at radius 3 is 2.92 bits per heavy atom. The Hall–Kier alpha value is -1.10. The molecule has 2 N–H and O–H groups in total. The van der Waals surface area contributed by atoms with E-state index in [-0.39, 0.29) is 24.2 Å². The number of hydrogen-bond acceptors (Lipinski definition) is 6. The molecule has 8 nitrogen and oxygen atoms in total. The van der Waals surface area contributed by atoms with Crippen LogP contribution in [-0.2, 0) is 10.0 Å². The predicted octanol–water partition coefficient (Wildman–Crippen LogP) is -0.0840. The summed E-state index contributed by atoms with van der Waals surface area (Å²) in [4.78, 5) is 12.2. The zero-order valence-corrected chi connectivity index (χ0v) is 15.8. The first-order chi connectivity index (χ1) is 12.1. The zero-order valence-electron chi connectivity index (χ0n) is 14.2. The van der Waals surface area contributed by atoms with Crippen LogP contribution in [0.2, 0.25) is 0 Å². The summed E-state index contributed by atoms with van der Waals surface area (Å²) >= 11 is 1.76.